The molecule has 67 heavy (non-hydrogen) atoms. The summed E-state index contributed by atoms with van der Waals surface area (Å²) in [4.78, 5) is 41.8. The number of hydrogen-bond acceptors (Lipinski definition) is 12. The van der Waals surface area contributed by atoms with Crippen LogP contribution in [0.4, 0.5) is 17.2 Å². The van der Waals surface area contributed by atoms with Crippen molar-refractivity contribution in [1.29, 1.82) is 0 Å². The summed E-state index contributed by atoms with van der Waals surface area (Å²) in [5.41, 5.74) is 4.36. The number of amides is 1. The average Bonchev–Trinajstić information content (AvgIpc) is 3.80. The van der Waals surface area contributed by atoms with Crippen molar-refractivity contribution in [3.63, 3.8) is 0 Å². The van der Waals surface area contributed by atoms with Gasteiger partial charge in [-0.3, -0.25) is 19.8 Å². The number of aromatic amines is 1. The van der Waals surface area contributed by atoms with E-state index in [4.69, 9.17) is 9.47 Å². The number of carbonyl (C=O) groups excluding carboxylic acids is 1. The number of piperidine rings is 1. The number of benzene rings is 2. The highest BCUT2D eigenvalue weighted by atomic mass is 32.2. The fraction of sp³-hybridized carbons (Fsp3) is 0.510. The van der Waals surface area contributed by atoms with E-state index in [2.05, 4.69) is 86.8 Å². The molecule has 9 rings (SSSR count). The van der Waals surface area contributed by atoms with E-state index in [1.54, 1.807) is 30.6 Å². The Hall–Kier alpha value is -5.58. The molecule has 0 unspecified atom stereocenters. The van der Waals surface area contributed by atoms with Gasteiger partial charge in [0, 0.05) is 61.6 Å². The third-order valence-corrected chi connectivity index (χ3v) is 16.5. The van der Waals surface area contributed by atoms with Crippen LogP contribution in [0, 0.1) is 26.9 Å². The van der Waals surface area contributed by atoms with Crippen molar-refractivity contribution in [2.24, 2.45) is 16.7 Å². The van der Waals surface area contributed by atoms with Gasteiger partial charge in [-0.25, -0.2) is 23.1 Å². The molecule has 0 bridgehead atoms. The predicted octanol–water partition coefficient (Wildman–Crippen LogP) is 10.1. The number of hydrogen-bond donors (Lipinski definition) is 3. The molecule has 5 heterocycles. The van der Waals surface area contributed by atoms with Crippen LogP contribution in [0.2, 0.25) is 0 Å². The minimum atomic E-state index is -4.61. The zero-order valence-electron chi connectivity index (χ0n) is 39.1. The van der Waals surface area contributed by atoms with Crippen LogP contribution in [0.1, 0.15) is 125 Å². The summed E-state index contributed by atoms with van der Waals surface area (Å²) >= 11 is 0. The van der Waals surface area contributed by atoms with Crippen molar-refractivity contribution in [2.75, 3.05) is 49.6 Å². The number of anilines is 2. The number of fused-ring (bicyclic) bond motifs is 1. The summed E-state index contributed by atoms with van der Waals surface area (Å²) in [6, 6.07) is 19.4. The molecule has 2 aromatic carbocycles. The maximum atomic E-state index is 14.0. The fourth-order valence-corrected chi connectivity index (χ4v) is 12.0. The number of carbonyl (C=O) groups is 1. The van der Waals surface area contributed by atoms with E-state index in [1.807, 2.05) is 12.1 Å². The van der Waals surface area contributed by atoms with Crippen LogP contribution < -0.4 is 19.7 Å². The molecule has 4 aliphatic rings. The van der Waals surface area contributed by atoms with Gasteiger partial charge in [-0.2, -0.15) is 0 Å². The first kappa shape index (κ1) is 46.5. The maximum Gasteiger partial charge on any atom is 0.312 e. The molecule has 1 amide bonds. The first-order chi connectivity index (χ1) is 32.2. The lowest BCUT2D eigenvalue weighted by Crippen LogP contribution is -2.50. The van der Waals surface area contributed by atoms with E-state index in [1.165, 1.54) is 24.0 Å². The van der Waals surface area contributed by atoms with Gasteiger partial charge >= 0.3 is 5.69 Å². The lowest BCUT2D eigenvalue weighted by atomic mass is 9.66. The van der Waals surface area contributed by atoms with Gasteiger partial charge in [0.15, 0.2) is 0 Å². The molecule has 3 N–H and O–H groups in total. The van der Waals surface area contributed by atoms with Crippen LogP contribution in [-0.4, -0.2) is 84.5 Å². The number of aromatic nitrogens is 3. The average molecular weight is 933 g/mol. The Labute approximate surface area is 393 Å². The number of nitrogens with one attached hydrogen (secondary N) is 3. The first-order valence-electron chi connectivity index (χ1n) is 24.0. The molecule has 356 valence electrons. The highest BCUT2D eigenvalue weighted by molar-refractivity contribution is 7.90. The van der Waals surface area contributed by atoms with Gasteiger partial charge in [-0.1, -0.05) is 52.0 Å². The molecule has 2 aliphatic carbocycles. The van der Waals surface area contributed by atoms with E-state index < -0.39 is 31.4 Å². The summed E-state index contributed by atoms with van der Waals surface area (Å²) in [7, 11) is -4.61. The van der Waals surface area contributed by atoms with Crippen molar-refractivity contribution in [3.8, 4) is 11.5 Å². The van der Waals surface area contributed by atoms with E-state index in [0.717, 1.165) is 108 Å². The van der Waals surface area contributed by atoms with E-state index >= 15 is 0 Å². The van der Waals surface area contributed by atoms with E-state index in [9.17, 15) is 23.3 Å². The van der Waals surface area contributed by atoms with Gasteiger partial charge in [0.05, 0.1) is 42.1 Å². The SMILES string of the molecule is CC(C)c1ccccc1[C@H]1COCCN1C1CCC2(CC1)CCN(c1ccc(C(=O)NS(=O)(=O)c3cnc(NCC4CCC(C)(C)CC4)c([N+](=O)[O-])c3)c(Oc3cnc4[nH]ccc4c3)c1)CC2. The van der Waals surface area contributed by atoms with Crippen molar-refractivity contribution in [1.82, 2.24) is 24.6 Å². The number of H-pyrrole nitrogens is 1. The quantitative estimate of drug-likeness (QED) is 0.0751. The van der Waals surface area contributed by atoms with Crippen molar-refractivity contribution in [3.05, 3.63) is 106 Å². The van der Waals surface area contributed by atoms with Gasteiger partial charge in [0.25, 0.3) is 15.9 Å². The first-order valence-corrected chi connectivity index (χ1v) is 25.5. The molecule has 0 radical (unpaired) electrons. The Kier molecular flexibility index (Phi) is 13.3. The highest BCUT2D eigenvalue weighted by Gasteiger charge is 2.42. The van der Waals surface area contributed by atoms with Crippen LogP contribution in [0.25, 0.3) is 11.0 Å². The van der Waals surface area contributed by atoms with Crippen LogP contribution in [0.5, 0.6) is 11.5 Å². The molecule has 2 saturated carbocycles. The van der Waals surface area contributed by atoms with E-state index in [0.29, 0.717) is 35.8 Å². The molecule has 1 spiro atoms. The second-order valence-corrected chi connectivity index (χ2v) is 22.1. The second kappa shape index (κ2) is 19.2. The van der Waals surface area contributed by atoms with Gasteiger partial charge < -0.3 is 24.7 Å². The predicted molar refractivity (Wildman–Crippen MR) is 259 cm³/mol. The smallest absolute Gasteiger partial charge is 0.312 e. The number of sulfonamides is 1. The molecule has 5 aromatic rings. The van der Waals surface area contributed by atoms with Gasteiger partial charge in [-0.15, -0.1) is 0 Å². The second-order valence-electron chi connectivity index (χ2n) is 20.4. The minimum Gasteiger partial charge on any atom is -0.455 e. The van der Waals surface area contributed by atoms with Gasteiger partial charge in [0.2, 0.25) is 5.82 Å². The Balaban J connectivity index is 0.889. The zero-order chi connectivity index (χ0) is 46.9. The normalized spacial score (nSPS) is 20.6. The van der Waals surface area contributed by atoms with Crippen LogP contribution in [0.15, 0.2) is 84.1 Å². The maximum absolute atomic E-state index is 14.0. The molecular weight excluding hydrogens is 869 g/mol. The van der Waals surface area contributed by atoms with Crippen molar-refractivity contribution >= 4 is 44.2 Å². The van der Waals surface area contributed by atoms with Crippen LogP contribution in [0.3, 0.4) is 0 Å². The monoisotopic (exact) mass is 932 g/mol. The third-order valence-electron chi connectivity index (χ3n) is 15.2. The van der Waals surface area contributed by atoms with Crippen molar-refractivity contribution in [2.45, 2.75) is 115 Å². The summed E-state index contributed by atoms with van der Waals surface area (Å²) in [6.45, 7) is 13.6. The minimum absolute atomic E-state index is 0.0131. The molecule has 3 aromatic heterocycles. The Morgan fingerprint density at radius 3 is 2.46 bits per heavy atom. The van der Waals surface area contributed by atoms with Gasteiger partial charge in [-0.05, 0) is 122 Å². The number of ether oxygens (including phenoxy) is 2. The molecule has 2 aliphatic heterocycles. The fourth-order valence-electron chi connectivity index (χ4n) is 11.0. The topological polar surface area (TPSA) is 185 Å². The summed E-state index contributed by atoms with van der Waals surface area (Å²) in [6.07, 6.45) is 15.2. The number of rotatable bonds is 13. The molecule has 15 nitrogen and oxygen atoms in total. The lowest BCUT2D eigenvalue weighted by Gasteiger charge is -2.50. The Morgan fingerprint density at radius 1 is 0.955 bits per heavy atom. The molecule has 4 fully saturated rings. The molecule has 2 saturated heterocycles. The Morgan fingerprint density at radius 2 is 1.72 bits per heavy atom. The Bertz CT molecular complexity index is 2690. The number of morpholine rings is 1. The molecular formula is C51H64N8O7S. The third kappa shape index (κ3) is 10.3. The number of nitro groups is 1. The largest absolute Gasteiger partial charge is 0.455 e. The van der Waals surface area contributed by atoms with Gasteiger partial charge in [0.1, 0.15) is 22.0 Å². The highest BCUT2D eigenvalue weighted by Crippen LogP contribution is 2.48. The van der Waals surface area contributed by atoms with Crippen LogP contribution in [-0.2, 0) is 14.8 Å². The number of pyridine rings is 2. The van der Waals surface area contributed by atoms with Crippen molar-refractivity contribution < 1.29 is 27.6 Å². The molecule has 16 heteroatoms. The van der Waals surface area contributed by atoms with Crippen LogP contribution >= 0.6 is 0 Å². The zero-order valence-corrected chi connectivity index (χ0v) is 39.9. The molecule has 1 atom stereocenters. The van der Waals surface area contributed by atoms with E-state index in [-0.39, 0.29) is 34.0 Å². The summed E-state index contributed by atoms with van der Waals surface area (Å²) in [5, 5.41) is 16.1. The lowest BCUT2D eigenvalue weighted by molar-refractivity contribution is -0.384. The summed E-state index contributed by atoms with van der Waals surface area (Å²) in [5.74, 6) is 0.324. The summed E-state index contributed by atoms with van der Waals surface area (Å²) < 4.78 is 42.1. The standard InChI is InChI=1S/C51H64N8O7S/c1-34(2)41-7-5-6-8-42(41)45-33-65-26-25-58(45)37-13-18-51(19-14-37)20-23-57(24-21-51)38-9-10-43(46(28-38)66-39-27-36-15-22-52-47(36)54-31-39)49(60)56-67(63,64)40-29-44(59(61)62)48(55-32-40)53-30-35-11-16-50(3,4)17-12-35/h5-10,15,22,27-29,31-32,34-35,37,45H,11-14,16-21,23-26,30,33H2,1-4H3,(H,52,54)(H,53,55)(H,56,60)/t45-/m1/s1. The number of nitrogens with zero attached hydrogens (tertiary/aromatic N) is 5.